The Labute approximate surface area is 144 Å². The number of benzene rings is 2. The number of nitrogens with one attached hydrogen (secondary N) is 1. The van der Waals surface area contributed by atoms with E-state index in [1.165, 1.54) is 5.56 Å². The lowest BCUT2D eigenvalue weighted by Gasteiger charge is -2.05. The highest BCUT2D eigenvalue weighted by atomic mass is 79.9. The fourth-order valence-electron chi connectivity index (χ4n) is 1.88. The Balaban J connectivity index is 1.79. The van der Waals surface area contributed by atoms with Gasteiger partial charge in [-0.15, -0.1) is 0 Å². The van der Waals surface area contributed by atoms with Crippen molar-refractivity contribution in [3.63, 3.8) is 0 Å². The van der Waals surface area contributed by atoms with Crippen LogP contribution < -0.4 is 10.2 Å². The van der Waals surface area contributed by atoms with Crippen LogP contribution in [0.2, 0.25) is 0 Å². The van der Waals surface area contributed by atoms with E-state index in [1.807, 2.05) is 24.3 Å². The minimum absolute atomic E-state index is 0.0833. The van der Waals surface area contributed by atoms with Crippen molar-refractivity contribution in [3.8, 4) is 5.75 Å². The lowest BCUT2D eigenvalue weighted by molar-refractivity contribution is -0.123. The first kappa shape index (κ1) is 17.2. The summed E-state index contributed by atoms with van der Waals surface area (Å²) >= 11 is 3.35. The van der Waals surface area contributed by atoms with E-state index >= 15 is 0 Å². The molecule has 4 nitrogen and oxygen atoms in total. The summed E-state index contributed by atoms with van der Waals surface area (Å²) in [5.74, 6) is 0.818. The molecule has 0 aliphatic carbocycles. The molecule has 2 aromatic rings. The molecule has 0 unspecified atom stereocenters. The van der Waals surface area contributed by atoms with Crippen LogP contribution in [-0.4, -0.2) is 18.7 Å². The quantitative estimate of drug-likeness (QED) is 0.611. The number of ether oxygens (including phenoxy) is 1. The van der Waals surface area contributed by atoms with Gasteiger partial charge in [0.05, 0.1) is 6.21 Å². The van der Waals surface area contributed by atoms with Crippen LogP contribution in [0.5, 0.6) is 5.75 Å². The third-order valence-corrected chi connectivity index (χ3v) is 3.67. The van der Waals surface area contributed by atoms with Crippen molar-refractivity contribution in [1.29, 1.82) is 0 Å². The molecular formula is C18H19BrN2O2. The molecule has 0 saturated carbocycles. The first-order valence-electron chi connectivity index (χ1n) is 7.35. The van der Waals surface area contributed by atoms with Gasteiger partial charge in [0.2, 0.25) is 0 Å². The maximum Gasteiger partial charge on any atom is 0.277 e. The number of nitrogens with zero attached hydrogens (tertiary/aromatic N) is 1. The van der Waals surface area contributed by atoms with Crippen molar-refractivity contribution in [2.45, 2.75) is 19.8 Å². The van der Waals surface area contributed by atoms with Crippen molar-refractivity contribution in [3.05, 3.63) is 64.1 Å². The van der Waals surface area contributed by atoms with E-state index in [0.717, 1.165) is 10.0 Å². The van der Waals surface area contributed by atoms with Gasteiger partial charge in [0.1, 0.15) is 5.75 Å². The number of carbonyl (C=O) groups excluding carboxylic acids is 1. The van der Waals surface area contributed by atoms with E-state index in [2.05, 4.69) is 52.4 Å². The van der Waals surface area contributed by atoms with Crippen molar-refractivity contribution < 1.29 is 9.53 Å². The molecule has 120 valence electrons. The summed E-state index contributed by atoms with van der Waals surface area (Å²) in [6.07, 6.45) is 1.61. The average molecular weight is 375 g/mol. The average Bonchev–Trinajstić information content (AvgIpc) is 2.53. The van der Waals surface area contributed by atoms with Crippen molar-refractivity contribution in [2.24, 2.45) is 5.10 Å². The van der Waals surface area contributed by atoms with Crippen molar-refractivity contribution >= 4 is 28.1 Å². The van der Waals surface area contributed by atoms with Gasteiger partial charge in [0.25, 0.3) is 5.91 Å². The van der Waals surface area contributed by atoms with Crippen LogP contribution in [0.3, 0.4) is 0 Å². The van der Waals surface area contributed by atoms with E-state index in [4.69, 9.17) is 4.74 Å². The van der Waals surface area contributed by atoms with Crippen LogP contribution in [0.1, 0.15) is 30.9 Å². The minimum Gasteiger partial charge on any atom is -0.484 e. The largest absolute Gasteiger partial charge is 0.484 e. The summed E-state index contributed by atoms with van der Waals surface area (Å²) in [6.45, 7) is 4.21. The molecule has 2 rings (SSSR count). The molecule has 5 heteroatoms. The summed E-state index contributed by atoms with van der Waals surface area (Å²) in [4.78, 5) is 11.7. The number of amides is 1. The second-order valence-corrected chi connectivity index (χ2v) is 6.28. The van der Waals surface area contributed by atoms with Crippen LogP contribution in [-0.2, 0) is 4.79 Å². The molecule has 2 aromatic carbocycles. The van der Waals surface area contributed by atoms with Crippen molar-refractivity contribution in [2.75, 3.05) is 6.61 Å². The maximum atomic E-state index is 11.7. The van der Waals surface area contributed by atoms with Gasteiger partial charge in [-0.25, -0.2) is 5.43 Å². The highest BCUT2D eigenvalue weighted by Crippen LogP contribution is 2.17. The molecule has 0 aliphatic heterocycles. The molecule has 0 saturated heterocycles. The Kier molecular flexibility index (Phi) is 6.35. The molecule has 1 amide bonds. The number of hydrazone groups is 1. The smallest absolute Gasteiger partial charge is 0.277 e. The Morgan fingerprint density at radius 2 is 2.00 bits per heavy atom. The van der Waals surface area contributed by atoms with Gasteiger partial charge in [-0.3, -0.25) is 4.79 Å². The third-order valence-electron chi connectivity index (χ3n) is 3.17. The summed E-state index contributed by atoms with van der Waals surface area (Å²) in [6, 6.07) is 15.4. The number of rotatable bonds is 6. The SMILES string of the molecule is CC(C)c1ccc(/C=N/NC(=O)COc2cccc(Br)c2)cc1. The zero-order valence-electron chi connectivity index (χ0n) is 13.1. The fraction of sp³-hybridized carbons (Fsp3) is 0.222. The predicted molar refractivity (Wildman–Crippen MR) is 95.9 cm³/mol. The topological polar surface area (TPSA) is 50.7 Å². The van der Waals surface area contributed by atoms with Gasteiger partial charge >= 0.3 is 0 Å². The Morgan fingerprint density at radius 3 is 2.65 bits per heavy atom. The lowest BCUT2D eigenvalue weighted by atomic mass is 10.0. The van der Waals surface area contributed by atoms with Crippen LogP contribution >= 0.6 is 15.9 Å². The number of carbonyl (C=O) groups is 1. The van der Waals surface area contributed by atoms with E-state index in [0.29, 0.717) is 11.7 Å². The molecule has 0 radical (unpaired) electrons. The highest BCUT2D eigenvalue weighted by Gasteiger charge is 2.02. The number of hydrogen-bond donors (Lipinski definition) is 1. The first-order chi connectivity index (χ1) is 11.0. The minimum atomic E-state index is -0.306. The summed E-state index contributed by atoms with van der Waals surface area (Å²) in [7, 11) is 0. The second-order valence-electron chi connectivity index (χ2n) is 5.36. The molecule has 0 fully saturated rings. The van der Waals surface area contributed by atoms with Gasteiger partial charge in [0, 0.05) is 4.47 Å². The fourth-order valence-corrected chi connectivity index (χ4v) is 2.26. The zero-order chi connectivity index (χ0) is 16.7. The Bertz CT molecular complexity index is 682. The molecular weight excluding hydrogens is 356 g/mol. The van der Waals surface area contributed by atoms with Gasteiger partial charge in [-0.1, -0.05) is 60.1 Å². The zero-order valence-corrected chi connectivity index (χ0v) is 14.7. The van der Waals surface area contributed by atoms with E-state index in [1.54, 1.807) is 18.3 Å². The van der Waals surface area contributed by atoms with E-state index in [9.17, 15) is 4.79 Å². The molecule has 1 N–H and O–H groups in total. The van der Waals surface area contributed by atoms with E-state index in [-0.39, 0.29) is 12.5 Å². The highest BCUT2D eigenvalue weighted by molar-refractivity contribution is 9.10. The summed E-state index contributed by atoms with van der Waals surface area (Å²) in [5.41, 5.74) is 4.65. The van der Waals surface area contributed by atoms with Gasteiger partial charge < -0.3 is 4.74 Å². The number of halogens is 1. The lowest BCUT2D eigenvalue weighted by Crippen LogP contribution is -2.24. The van der Waals surface area contributed by atoms with Crippen molar-refractivity contribution in [1.82, 2.24) is 5.43 Å². The molecule has 0 spiro atoms. The van der Waals surface area contributed by atoms with Crippen LogP contribution in [0.25, 0.3) is 0 Å². The molecule has 0 aliphatic rings. The Morgan fingerprint density at radius 1 is 1.26 bits per heavy atom. The maximum absolute atomic E-state index is 11.7. The van der Waals surface area contributed by atoms with E-state index < -0.39 is 0 Å². The molecule has 0 aromatic heterocycles. The monoisotopic (exact) mass is 374 g/mol. The van der Waals surface area contributed by atoms with Gasteiger partial charge in [-0.05, 0) is 35.2 Å². The molecule has 0 heterocycles. The number of hydrogen-bond acceptors (Lipinski definition) is 3. The third kappa shape index (κ3) is 5.87. The summed E-state index contributed by atoms with van der Waals surface area (Å²) in [5, 5.41) is 3.93. The Hall–Kier alpha value is -2.14. The van der Waals surface area contributed by atoms with Crippen LogP contribution in [0.4, 0.5) is 0 Å². The van der Waals surface area contributed by atoms with Crippen LogP contribution in [0.15, 0.2) is 58.1 Å². The van der Waals surface area contributed by atoms with Gasteiger partial charge in [-0.2, -0.15) is 5.10 Å². The second kappa shape index (κ2) is 8.48. The molecule has 23 heavy (non-hydrogen) atoms. The summed E-state index contributed by atoms with van der Waals surface area (Å²) < 4.78 is 6.28. The first-order valence-corrected chi connectivity index (χ1v) is 8.14. The normalized spacial score (nSPS) is 11.0. The van der Waals surface area contributed by atoms with Crippen LogP contribution in [0, 0.1) is 0 Å². The predicted octanol–water partition coefficient (Wildman–Crippen LogP) is 4.10. The molecule has 0 atom stereocenters. The molecule has 0 bridgehead atoms. The standard InChI is InChI=1S/C18H19BrN2O2/c1-13(2)15-8-6-14(7-9-15)11-20-21-18(22)12-23-17-5-3-4-16(19)10-17/h3-11,13H,12H2,1-2H3,(H,21,22)/b20-11+. The van der Waals surface area contributed by atoms with Gasteiger partial charge in [0.15, 0.2) is 6.61 Å².